The third-order valence-corrected chi connectivity index (χ3v) is 7.58. The fourth-order valence-electron chi connectivity index (χ4n) is 5.49. The molecule has 2 aromatic carbocycles. The summed E-state index contributed by atoms with van der Waals surface area (Å²) < 4.78 is 12.4. The van der Waals surface area contributed by atoms with Gasteiger partial charge in [-0.25, -0.2) is 14.9 Å². The summed E-state index contributed by atoms with van der Waals surface area (Å²) in [5, 5.41) is 11.2. The van der Waals surface area contributed by atoms with Crippen LogP contribution in [-0.2, 0) is 15.3 Å². The zero-order valence-corrected chi connectivity index (χ0v) is 19.8. The lowest BCUT2D eigenvalue weighted by atomic mass is 9.74. The Balaban J connectivity index is 1.65. The Morgan fingerprint density at radius 1 is 1.21 bits per heavy atom. The Bertz CT molecular complexity index is 1130. The van der Waals surface area contributed by atoms with Gasteiger partial charge in [-0.3, -0.25) is 0 Å². The maximum Gasteiger partial charge on any atom is 0.255 e. The van der Waals surface area contributed by atoms with Crippen molar-refractivity contribution in [2.45, 2.75) is 63.4 Å². The number of methoxy groups -OCH3 is 1. The average Bonchev–Trinajstić information content (AvgIpc) is 3.34. The molecule has 0 amide bonds. The largest absolute Gasteiger partial charge is 0.481 e. The topological polar surface area (TPSA) is 67.1 Å². The van der Waals surface area contributed by atoms with E-state index in [1.807, 2.05) is 42.4 Å². The van der Waals surface area contributed by atoms with Crippen LogP contribution in [0.1, 0.15) is 57.1 Å². The third-order valence-electron chi connectivity index (χ3n) is 7.58. The Labute approximate surface area is 195 Å². The van der Waals surface area contributed by atoms with Crippen molar-refractivity contribution < 1.29 is 14.3 Å². The number of hydrogen-bond acceptors (Lipinski definition) is 6. The molecule has 0 saturated heterocycles. The van der Waals surface area contributed by atoms with Gasteiger partial charge in [0.2, 0.25) is 0 Å². The first-order chi connectivity index (χ1) is 15.9. The van der Waals surface area contributed by atoms with Crippen molar-refractivity contribution in [2.75, 3.05) is 14.2 Å². The lowest BCUT2D eigenvalue weighted by Gasteiger charge is -2.43. The van der Waals surface area contributed by atoms with Crippen molar-refractivity contribution in [1.82, 2.24) is 5.06 Å². The summed E-state index contributed by atoms with van der Waals surface area (Å²) in [5.74, 6) is 2.06. The molecular formula is C27H31N3O3. The molecule has 0 radical (unpaired) electrons. The Kier molecular flexibility index (Phi) is 5.43. The fourth-order valence-corrected chi connectivity index (χ4v) is 5.49. The molecule has 6 nitrogen and oxygen atoms in total. The van der Waals surface area contributed by atoms with E-state index in [-0.39, 0.29) is 12.0 Å². The number of amidine groups is 1. The predicted octanol–water partition coefficient (Wildman–Crippen LogP) is 5.42. The number of hydrogen-bond donors (Lipinski definition) is 0. The number of nitriles is 1. The van der Waals surface area contributed by atoms with Gasteiger partial charge >= 0.3 is 0 Å². The molecular weight excluding hydrogens is 414 g/mol. The first kappa shape index (κ1) is 21.9. The van der Waals surface area contributed by atoms with Gasteiger partial charge in [0.15, 0.2) is 5.60 Å². The second-order valence-electron chi connectivity index (χ2n) is 9.45. The number of fused-ring (bicyclic) bond motifs is 3. The number of rotatable bonds is 4. The van der Waals surface area contributed by atoms with E-state index >= 15 is 0 Å². The van der Waals surface area contributed by atoms with Gasteiger partial charge in [-0.05, 0) is 67.5 Å². The monoisotopic (exact) mass is 445 g/mol. The van der Waals surface area contributed by atoms with Crippen molar-refractivity contribution in [3.8, 4) is 22.9 Å². The van der Waals surface area contributed by atoms with Crippen molar-refractivity contribution in [2.24, 2.45) is 10.9 Å². The normalized spacial score (nSPS) is 29.0. The van der Waals surface area contributed by atoms with E-state index < -0.39 is 11.3 Å². The maximum atomic E-state index is 9.35. The van der Waals surface area contributed by atoms with Gasteiger partial charge in [0.05, 0.1) is 23.3 Å². The zero-order valence-electron chi connectivity index (χ0n) is 19.8. The SMILES string of the molecule is CCC(C)C1=NC2(ON1C)c1cc(-c3cccc(C#N)c3)ccc1OC21CCC(OC)CC1. The molecule has 2 aromatic rings. The van der Waals surface area contributed by atoms with E-state index in [4.69, 9.17) is 19.3 Å². The molecule has 0 bridgehead atoms. The molecule has 2 aliphatic heterocycles. The highest BCUT2D eigenvalue weighted by molar-refractivity contribution is 5.85. The molecule has 1 saturated carbocycles. The van der Waals surface area contributed by atoms with Gasteiger partial charge in [-0.2, -0.15) is 5.26 Å². The van der Waals surface area contributed by atoms with Gasteiger partial charge in [-0.15, -0.1) is 0 Å². The van der Waals surface area contributed by atoms with E-state index in [0.717, 1.165) is 60.4 Å². The summed E-state index contributed by atoms with van der Waals surface area (Å²) in [6, 6.07) is 16.1. The summed E-state index contributed by atoms with van der Waals surface area (Å²) >= 11 is 0. The van der Waals surface area contributed by atoms with Gasteiger partial charge in [0.25, 0.3) is 5.72 Å². The van der Waals surface area contributed by atoms with E-state index in [1.165, 1.54) is 0 Å². The highest BCUT2D eigenvalue weighted by Gasteiger charge is 2.66. The van der Waals surface area contributed by atoms with Gasteiger partial charge in [-0.1, -0.05) is 32.0 Å². The molecule has 2 atom stereocenters. The summed E-state index contributed by atoms with van der Waals surface area (Å²) in [5.41, 5.74) is 2.13. The Hall–Kier alpha value is -2.88. The zero-order chi connectivity index (χ0) is 23.2. The van der Waals surface area contributed by atoms with Crippen molar-refractivity contribution in [3.63, 3.8) is 0 Å². The molecule has 0 aromatic heterocycles. The minimum atomic E-state index is -0.919. The lowest BCUT2D eigenvalue weighted by molar-refractivity contribution is -0.242. The fraction of sp³-hybridized carbons (Fsp3) is 0.481. The summed E-state index contributed by atoms with van der Waals surface area (Å²) in [7, 11) is 3.73. The molecule has 2 unspecified atom stereocenters. The lowest BCUT2D eigenvalue weighted by Crippen LogP contribution is -2.54. The molecule has 3 aliphatic rings. The second kappa shape index (κ2) is 8.16. The van der Waals surface area contributed by atoms with Crippen molar-refractivity contribution in [3.05, 3.63) is 53.6 Å². The minimum absolute atomic E-state index is 0.237. The van der Waals surface area contributed by atoms with E-state index in [0.29, 0.717) is 5.56 Å². The smallest absolute Gasteiger partial charge is 0.255 e. The third kappa shape index (κ3) is 3.34. The van der Waals surface area contributed by atoms with Crippen LogP contribution >= 0.6 is 0 Å². The number of aliphatic imine (C=N–C) groups is 1. The number of hydroxylamine groups is 2. The van der Waals surface area contributed by atoms with Crippen LogP contribution in [0.2, 0.25) is 0 Å². The molecule has 2 spiro atoms. The van der Waals surface area contributed by atoms with E-state index in [1.54, 1.807) is 7.11 Å². The number of benzene rings is 2. The van der Waals surface area contributed by atoms with Crippen LogP contribution < -0.4 is 4.74 Å². The predicted molar refractivity (Wildman–Crippen MR) is 127 cm³/mol. The van der Waals surface area contributed by atoms with Gasteiger partial charge in [0, 0.05) is 20.1 Å². The van der Waals surface area contributed by atoms with Crippen molar-refractivity contribution >= 4 is 5.84 Å². The Morgan fingerprint density at radius 3 is 2.67 bits per heavy atom. The van der Waals surface area contributed by atoms with Crippen LogP contribution in [0.5, 0.6) is 5.75 Å². The molecule has 5 rings (SSSR count). The number of nitrogens with zero attached hydrogens (tertiary/aromatic N) is 3. The standard InChI is InChI=1S/C27H31N3O3/c1-5-18(2)25-29-27(33-30(25)3)23-16-21(20-8-6-7-19(15-20)17-28)9-10-24(23)32-26(27)13-11-22(31-4)12-14-26/h6-10,15-16,18,22H,5,11-14H2,1-4H3. The first-order valence-corrected chi connectivity index (χ1v) is 11.8. The molecule has 33 heavy (non-hydrogen) atoms. The molecule has 0 N–H and O–H groups in total. The summed E-state index contributed by atoms with van der Waals surface area (Å²) in [6.07, 6.45) is 4.65. The van der Waals surface area contributed by atoms with Crippen molar-refractivity contribution in [1.29, 1.82) is 5.26 Å². The van der Waals surface area contributed by atoms with Crippen LogP contribution in [0.4, 0.5) is 0 Å². The molecule has 1 fully saturated rings. The van der Waals surface area contributed by atoms with Crippen LogP contribution in [0.3, 0.4) is 0 Å². The first-order valence-electron chi connectivity index (χ1n) is 11.8. The van der Waals surface area contributed by atoms with Crippen LogP contribution in [-0.4, -0.2) is 36.8 Å². The highest BCUT2D eigenvalue weighted by Crippen LogP contribution is 2.59. The average molecular weight is 446 g/mol. The molecule has 1 aliphatic carbocycles. The quantitative estimate of drug-likeness (QED) is 0.629. The van der Waals surface area contributed by atoms with E-state index in [9.17, 15) is 5.26 Å². The minimum Gasteiger partial charge on any atom is -0.481 e. The maximum absolute atomic E-state index is 9.35. The summed E-state index contributed by atoms with van der Waals surface area (Å²) in [4.78, 5) is 12.0. The number of ether oxygens (including phenoxy) is 2. The molecule has 2 heterocycles. The summed E-state index contributed by atoms with van der Waals surface area (Å²) in [6.45, 7) is 4.36. The van der Waals surface area contributed by atoms with Crippen LogP contribution in [0.15, 0.2) is 47.5 Å². The Morgan fingerprint density at radius 2 is 1.97 bits per heavy atom. The van der Waals surface area contributed by atoms with Gasteiger partial charge in [0.1, 0.15) is 11.6 Å². The highest BCUT2D eigenvalue weighted by atomic mass is 16.7. The van der Waals surface area contributed by atoms with Crippen LogP contribution in [0, 0.1) is 17.2 Å². The molecule has 172 valence electrons. The molecule has 6 heteroatoms. The van der Waals surface area contributed by atoms with Gasteiger partial charge < -0.3 is 9.47 Å². The van der Waals surface area contributed by atoms with Crippen LogP contribution in [0.25, 0.3) is 11.1 Å². The second-order valence-corrected chi connectivity index (χ2v) is 9.45. The van der Waals surface area contributed by atoms with E-state index in [2.05, 4.69) is 32.0 Å².